The van der Waals surface area contributed by atoms with E-state index in [1.54, 1.807) is 18.3 Å². The van der Waals surface area contributed by atoms with Gasteiger partial charge in [0.2, 0.25) is 11.7 Å². The molecular weight excluding hydrogens is 276 g/mol. The lowest BCUT2D eigenvalue weighted by Gasteiger charge is -2.06. The zero-order chi connectivity index (χ0) is 13.9. The summed E-state index contributed by atoms with van der Waals surface area (Å²) in [6.07, 6.45) is 1.60. The highest BCUT2D eigenvalue weighted by atomic mass is 35.5. The van der Waals surface area contributed by atoms with Crippen molar-refractivity contribution in [2.45, 2.75) is 12.8 Å². The maximum absolute atomic E-state index is 5.88. The van der Waals surface area contributed by atoms with Crippen molar-refractivity contribution >= 4 is 11.6 Å². The van der Waals surface area contributed by atoms with Crippen molar-refractivity contribution in [3.8, 4) is 11.5 Å². The molecule has 2 aromatic heterocycles. The molecule has 0 N–H and O–H groups in total. The molecule has 0 aliphatic heterocycles. The Bertz CT molecular complexity index is 697. The summed E-state index contributed by atoms with van der Waals surface area (Å²) in [5.41, 5.74) is 1.65. The summed E-state index contributed by atoms with van der Waals surface area (Å²) in [5.74, 6) is 0.965. The van der Waals surface area contributed by atoms with Crippen molar-refractivity contribution in [2.24, 2.45) is 0 Å². The van der Waals surface area contributed by atoms with Crippen LogP contribution in [0.1, 0.15) is 24.3 Å². The Morgan fingerprint density at radius 3 is 2.65 bits per heavy atom. The van der Waals surface area contributed by atoms with Gasteiger partial charge in [0.25, 0.3) is 0 Å². The van der Waals surface area contributed by atoms with E-state index in [0.717, 1.165) is 5.56 Å². The second-order valence-electron chi connectivity index (χ2n) is 4.34. The summed E-state index contributed by atoms with van der Waals surface area (Å²) < 4.78 is 5.30. The largest absolute Gasteiger partial charge is 0.338 e. The minimum absolute atomic E-state index is 0.00909. The highest BCUT2D eigenvalue weighted by Crippen LogP contribution is 2.25. The molecule has 0 spiro atoms. The Morgan fingerprint density at radius 2 is 1.95 bits per heavy atom. The lowest BCUT2D eigenvalue weighted by Crippen LogP contribution is -1.96. The third-order valence-corrected chi connectivity index (χ3v) is 3.24. The Labute approximate surface area is 120 Å². The smallest absolute Gasteiger partial charge is 0.234 e. The third kappa shape index (κ3) is 2.53. The van der Waals surface area contributed by atoms with Crippen LogP contribution in [0.25, 0.3) is 11.5 Å². The van der Waals surface area contributed by atoms with Gasteiger partial charge in [0.1, 0.15) is 5.69 Å². The molecule has 0 saturated heterocycles. The van der Waals surface area contributed by atoms with Crippen LogP contribution in [0, 0.1) is 0 Å². The first-order valence-corrected chi connectivity index (χ1v) is 6.49. The van der Waals surface area contributed by atoms with Crippen LogP contribution in [-0.2, 0) is 0 Å². The van der Waals surface area contributed by atoms with Gasteiger partial charge in [0.15, 0.2) is 0 Å². The van der Waals surface area contributed by atoms with Gasteiger partial charge in [0.05, 0.1) is 5.92 Å². The number of hydrogen-bond donors (Lipinski definition) is 0. The summed E-state index contributed by atoms with van der Waals surface area (Å²) in [6, 6.07) is 11.1. The summed E-state index contributed by atoms with van der Waals surface area (Å²) in [5, 5.41) is 12.4. The summed E-state index contributed by atoms with van der Waals surface area (Å²) >= 11 is 5.88. The molecule has 2 heterocycles. The van der Waals surface area contributed by atoms with E-state index in [0.29, 0.717) is 22.4 Å². The zero-order valence-corrected chi connectivity index (χ0v) is 11.4. The van der Waals surface area contributed by atoms with Gasteiger partial charge >= 0.3 is 0 Å². The third-order valence-electron chi connectivity index (χ3n) is 2.98. The van der Waals surface area contributed by atoms with Crippen LogP contribution in [0.15, 0.2) is 47.1 Å². The number of halogens is 1. The molecule has 20 heavy (non-hydrogen) atoms. The Morgan fingerprint density at radius 1 is 1.15 bits per heavy atom. The Balaban J connectivity index is 1.88. The molecule has 0 aliphatic carbocycles. The van der Waals surface area contributed by atoms with Crippen molar-refractivity contribution in [3.05, 3.63) is 59.1 Å². The monoisotopic (exact) mass is 286 g/mol. The van der Waals surface area contributed by atoms with Crippen LogP contribution in [0.5, 0.6) is 0 Å². The predicted molar refractivity (Wildman–Crippen MR) is 74.3 cm³/mol. The van der Waals surface area contributed by atoms with E-state index in [9.17, 15) is 0 Å². The molecule has 0 amide bonds. The molecule has 3 aromatic rings. The maximum atomic E-state index is 5.88. The lowest BCUT2D eigenvalue weighted by molar-refractivity contribution is 0.370. The fourth-order valence-corrected chi connectivity index (χ4v) is 1.96. The van der Waals surface area contributed by atoms with Gasteiger partial charge in [-0.25, -0.2) is 0 Å². The minimum atomic E-state index is -0.00909. The molecule has 0 fully saturated rings. The van der Waals surface area contributed by atoms with E-state index in [4.69, 9.17) is 16.1 Å². The van der Waals surface area contributed by atoms with E-state index in [1.165, 1.54) is 0 Å². The van der Waals surface area contributed by atoms with Crippen LogP contribution in [0.3, 0.4) is 0 Å². The minimum Gasteiger partial charge on any atom is -0.338 e. The second-order valence-corrected chi connectivity index (χ2v) is 4.77. The topological polar surface area (TPSA) is 64.7 Å². The van der Waals surface area contributed by atoms with Crippen molar-refractivity contribution in [1.82, 2.24) is 20.3 Å². The number of aromatic nitrogens is 4. The number of hydrogen-bond acceptors (Lipinski definition) is 5. The van der Waals surface area contributed by atoms with E-state index >= 15 is 0 Å². The van der Waals surface area contributed by atoms with Crippen molar-refractivity contribution < 1.29 is 4.52 Å². The molecule has 1 aromatic carbocycles. The molecule has 0 unspecified atom stereocenters. The average Bonchev–Trinajstić information content (AvgIpc) is 2.98. The summed E-state index contributed by atoms with van der Waals surface area (Å²) in [7, 11) is 0. The quantitative estimate of drug-likeness (QED) is 0.739. The first-order valence-electron chi connectivity index (χ1n) is 6.11. The zero-order valence-electron chi connectivity index (χ0n) is 10.7. The highest BCUT2D eigenvalue weighted by molar-refractivity contribution is 6.30. The molecule has 5 nitrogen and oxygen atoms in total. The van der Waals surface area contributed by atoms with Crippen LogP contribution in [0.4, 0.5) is 0 Å². The first-order chi connectivity index (χ1) is 9.74. The molecule has 1 atom stereocenters. The number of benzene rings is 1. The van der Waals surface area contributed by atoms with Gasteiger partial charge in [-0.05, 0) is 36.8 Å². The molecule has 6 heteroatoms. The van der Waals surface area contributed by atoms with Crippen LogP contribution in [0.2, 0.25) is 5.02 Å². The van der Waals surface area contributed by atoms with Crippen molar-refractivity contribution in [3.63, 3.8) is 0 Å². The van der Waals surface area contributed by atoms with E-state index in [1.807, 2.05) is 31.2 Å². The first kappa shape index (κ1) is 12.7. The van der Waals surface area contributed by atoms with Crippen molar-refractivity contribution in [1.29, 1.82) is 0 Å². The van der Waals surface area contributed by atoms with E-state index in [-0.39, 0.29) is 5.92 Å². The number of nitrogens with zero attached hydrogens (tertiary/aromatic N) is 4. The average molecular weight is 287 g/mol. The lowest BCUT2D eigenvalue weighted by atomic mass is 10.0. The van der Waals surface area contributed by atoms with Crippen molar-refractivity contribution in [2.75, 3.05) is 0 Å². The van der Waals surface area contributed by atoms with Crippen LogP contribution < -0.4 is 0 Å². The van der Waals surface area contributed by atoms with Gasteiger partial charge in [0, 0.05) is 11.2 Å². The fourth-order valence-electron chi connectivity index (χ4n) is 1.83. The molecule has 0 radical (unpaired) electrons. The number of rotatable bonds is 3. The van der Waals surface area contributed by atoms with Gasteiger partial charge in [-0.15, -0.1) is 5.10 Å². The Hall–Kier alpha value is -2.27. The van der Waals surface area contributed by atoms with E-state index in [2.05, 4.69) is 20.3 Å². The molecule has 3 rings (SSSR count). The van der Waals surface area contributed by atoms with Gasteiger partial charge < -0.3 is 4.52 Å². The van der Waals surface area contributed by atoms with Gasteiger partial charge in [-0.2, -0.15) is 10.1 Å². The maximum Gasteiger partial charge on any atom is 0.234 e. The predicted octanol–water partition coefficient (Wildman–Crippen LogP) is 3.33. The standard InChI is InChI=1S/C14H11ClN4O/c1-9(10-4-6-11(15)7-5-10)14-17-13(19-20-14)12-3-2-8-16-18-12/h2-9H,1H3/t9-/m1/s1. The molecule has 0 aliphatic rings. The molecule has 0 bridgehead atoms. The Kier molecular flexibility index (Phi) is 3.43. The second kappa shape index (κ2) is 5.38. The SMILES string of the molecule is C[C@H](c1ccc(Cl)cc1)c1nc(-c2cccnn2)no1. The fraction of sp³-hybridized carbons (Fsp3) is 0.143. The molecule has 0 saturated carbocycles. The normalized spacial score (nSPS) is 12.3. The van der Waals surface area contributed by atoms with Crippen LogP contribution >= 0.6 is 11.6 Å². The van der Waals surface area contributed by atoms with Gasteiger partial charge in [-0.3, -0.25) is 0 Å². The highest BCUT2D eigenvalue weighted by Gasteiger charge is 2.17. The van der Waals surface area contributed by atoms with E-state index < -0.39 is 0 Å². The van der Waals surface area contributed by atoms with Gasteiger partial charge in [-0.1, -0.05) is 28.9 Å². The van der Waals surface area contributed by atoms with Crippen LogP contribution in [-0.4, -0.2) is 20.3 Å². The summed E-state index contributed by atoms with van der Waals surface area (Å²) in [6.45, 7) is 2.00. The molecule has 100 valence electrons. The summed E-state index contributed by atoms with van der Waals surface area (Å²) in [4.78, 5) is 4.37. The molecular formula is C14H11ClN4O.